The van der Waals surface area contributed by atoms with Gasteiger partial charge >= 0.3 is 0 Å². The van der Waals surface area contributed by atoms with E-state index in [0.29, 0.717) is 0 Å². The van der Waals surface area contributed by atoms with Crippen LogP contribution in [0.5, 0.6) is 11.5 Å². The number of hydrogen-bond acceptors (Lipinski definition) is 4. The molecule has 2 atom stereocenters. The molecule has 2 unspecified atom stereocenters. The number of rotatable bonds is 4. The fourth-order valence-electron chi connectivity index (χ4n) is 3.30. The molecule has 1 aliphatic carbocycles. The summed E-state index contributed by atoms with van der Waals surface area (Å²) in [6, 6.07) is 5.82. The second-order valence-corrected chi connectivity index (χ2v) is 6.31. The van der Waals surface area contributed by atoms with Gasteiger partial charge in [0.25, 0.3) is 0 Å². The molecule has 1 heterocycles. The van der Waals surface area contributed by atoms with Crippen molar-refractivity contribution < 1.29 is 14.2 Å². The summed E-state index contributed by atoms with van der Waals surface area (Å²) in [6.07, 6.45) is 5.76. The first-order valence-corrected chi connectivity index (χ1v) is 7.86. The molecule has 0 aromatic heterocycles. The van der Waals surface area contributed by atoms with Crippen LogP contribution in [-0.4, -0.2) is 25.4 Å². The van der Waals surface area contributed by atoms with Crippen molar-refractivity contribution in [1.29, 1.82) is 0 Å². The molecule has 1 aliphatic heterocycles. The van der Waals surface area contributed by atoms with E-state index in [1.54, 1.807) is 7.11 Å². The van der Waals surface area contributed by atoms with Crippen LogP contribution in [0.25, 0.3) is 0 Å². The Kier molecular flexibility index (Phi) is 4.09. The summed E-state index contributed by atoms with van der Waals surface area (Å²) in [7, 11) is 1.67. The van der Waals surface area contributed by atoms with Gasteiger partial charge in [-0.25, -0.2) is 0 Å². The van der Waals surface area contributed by atoms with Gasteiger partial charge in [0, 0.05) is 30.5 Å². The molecule has 2 fully saturated rings. The average Bonchev–Trinajstić information content (AvgIpc) is 2.45. The number of methoxy groups -OCH3 is 1. The van der Waals surface area contributed by atoms with Crippen molar-refractivity contribution in [1.82, 2.24) is 0 Å². The second kappa shape index (κ2) is 5.85. The summed E-state index contributed by atoms with van der Waals surface area (Å²) in [5, 5.41) is 0. The van der Waals surface area contributed by atoms with Gasteiger partial charge in [0.15, 0.2) is 0 Å². The molecular weight excluding hydrogens is 266 g/mol. The van der Waals surface area contributed by atoms with E-state index in [2.05, 4.69) is 0 Å². The quantitative estimate of drug-likeness (QED) is 0.925. The van der Waals surface area contributed by atoms with Crippen LogP contribution in [-0.2, 0) is 4.74 Å². The first-order valence-electron chi connectivity index (χ1n) is 7.86. The molecule has 1 saturated carbocycles. The predicted molar refractivity (Wildman–Crippen MR) is 81.8 cm³/mol. The van der Waals surface area contributed by atoms with E-state index < -0.39 is 0 Å². The molecule has 4 heteroatoms. The zero-order valence-corrected chi connectivity index (χ0v) is 12.9. The fourth-order valence-corrected chi connectivity index (χ4v) is 3.30. The molecule has 1 spiro atoms. The summed E-state index contributed by atoms with van der Waals surface area (Å²) < 4.78 is 17.6. The third-order valence-corrected chi connectivity index (χ3v) is 4.72. The molecule has 0 amide bonds. The number of nitrogens with two attached hydrogens (primary N) is 1. The van der Waals surface area contributed by atoms with Crippen LogP contribution < -0.4 is 15.2 Å². The van der Waals surface area contributed by atoms with Gasteiger partial charge in [0.2, 0.25) is 0 Å². The molecule has 1 aromatic carbocycles. The van der Waals surface area contributed by atoms with Gasteiger partial charge in [-0.1, -0.05) is 6.07 Å². The lowest BCUT2D eigenvalue weighted by Crippen LogP contribution is -2.48. The summed E-state index contributed by atoms with van der Waals surface area (Å²) >= 11 is 0. The van der Waals surface area contributed by atoms with Gasteiger partial charge in [-0.05, 0) is 32.3 Å². The highest BCUT2D eigenvalue weighted by Crippen LogP contribution is 2.43. The topological polar surface area (TPSA) is 53.7 Å². The van der Waals surface area contributed by atoms with Crippen molar-refractivity contribution in [3.63, 3.8) is 0 Å². The van der Waals surface area contributed by atoms with Crippen LogP contribution in [0.2, 0.25) is 0 Å². The molecule has 21 heavy (non-hydrogen) atoms. The SMILES string of the molecule is COc1ccc(C(C)N)c(OC2CCOC3(CCC3)C2)c1. The first kappa shape index (κ1) is 14.7. The molecule has 1 aromatic rings. The minimum atomic E-state index is -0.0524. The smallest absolute Gasteiger partial charge is 0.128 e. The van der Waals surface area contributed by atoms with Gasteiger partial charge in [0.05, 0.1) is 19.3 Å². The Hall–Kier alpha value is -1.26. The highest BCUT2D eigenvalue weighted by Gasteiger charge is 2.43. The van der Waals surface area contributed by atoms with Gasteiger partial charge in [-0.15, -0.1) is 0 Å². The molecule has 0 bridgehead atoms. The molecule has 2 N–H and O–H groups in total. The highest BCUT2D eigenvalue weighted by atomic mass is 16.5. The lowest BCUT2D eigenvalue weighted by Gasteiger charge is -2.47. The molecule has 3 rings (SSSR count). The van der Waals surface area contributed by atoms with Crippen molar-refractivity contribution in [2.45, 2.75) is 56.8 Å². The van der Waals surface area contributed by atoms with Crippen molar-refractivity contribution in [2.24, 2.45) is 5.73 Å². The van der Waals surface area contributed by atoms with E-state index >= 15 is 0 Å². The highest BCUT2D eigenvalue weighted by molar-refractivity contribution is 5.42. The minimum Gasteiger partial charge on any atom is -0.497 e. The van der Waals surface area contributed by atoms with E-state index in [4.69, 9.17) is 19.9 Å². The lowest BCUT2D eigenvalue weighted by molar-refractivity contribution is -0.153. The molecule has 116 valence electrons. The molecule has 2 aliphatic rings. The predicted octanol–water partition coefficient (Wildman–Crippen LogP) is 3.20. The van der Waals surface area contributed by atoms with Crippen LogP contribution in [0, 0.1) is 0 Å². The maximum atomic E-state index is 6.28. The Morgan fingerprint density at radius 2 is 2.19 bits per heavy atom. The molecular formula is C17H25NO3. The van der Waals surface area contributed by atoms with Crippen molar-refractivity contribution in [3.8, 4) is 11.5 Å². The van der Waals surface area contributed by atoms with E-state index in [-0.39, 0.29) is 17.7 Å². The molecule has 0 radical (unpaired) electrons. The maximum Gasteiger partial charge on any atom is 0.128 e. The van der Waals surface area contributed by atoms with Crippen molar-refractivity contribution in [2.75, 3.05) is 13.7 Å². The molecule has 4 nitrogen and oxygen atoms in total. The summed E-state index contributed by atoms with van der Waals surface area (Å²) in [6.45, 7) is 2.77. The zero-order valence-electron chi connectivity index (χ0n) is 12.9. The summed E-state index contributed by atoms with van der Waals surface area (Å²) in [5.41, 5.74) is 7.18. The van der Waals surface area contributed by atoms with E-state index in [9.17, 15) is 0 Å². The third-order valence-electron chi connectivity index (χ3n) is 4.72. The Morgan fingerprint density at radius 1 is 1.38 bits per heavy atom. The van der Waals surface area contributed by atoms with Crippen LogP contribution in [0.15, 0.2) is 18.2 Å². The van der Waals surface area contributed by atoms with Gasteiger partial charge in [-0.3, -0.25) is 0 Å². The lowest BCUT2D eigenvalue weighted by atomic mass is 9.74. The Labute approximate surface area is 126 Å². The number of benzene rings is 1. The Morgan fingerprint density at radius 3 is 2.81 bits per heavy atom. The van der Waals surface area contributed by atoms with E-state index in [1.165, 1.54) is 19.3 Å². The van der Waals surface area contributed by atoms with Crippen LogP contribution in [0.3, 0.4) is 0 Å². The second-order valence-electron chi connectivity index (χ2n) is 6.31. The number of ether oxygens (including phenoxy) is 3. The summed E-state index contributed by atoms with van der Waals surface area (Å²) in [4.78, 5) is 0. The third kappa shape index (κ3) is 3.01. The van der Waals surface area contributed by atoms with Crippen LogP contribution in [0.1, 0.15) is 50.6 Å². The van der Waals surface area contributed by atoms with E-state index in [1.807, 2.05) is 25.1 Å². The van der Waals surface area contributed by atoms with E-state index in [0.717, 1.165) is 36.5 Å². The Balaban J connectivity index is 1.76. The van der Waals surface area contributed by atoms with Crippen molar-refractivity contribution in [3.05, 3.63) is 23.8 Å². The monoisotopic (exact) mass is 291 g/mol. The van der Waals surface area contributed by atoms with Gasteiger partial charge < -0.3 is 19.9 Å². The maximum absolute atomic E-state index is 6.28. The average molecular weight is 291 g/mol. The summed E-state index contributed by atoms with van der Waals surface area (Å²) in [5.74, 6) is 1.66. The van der Waals surface area contributed by atoms with Gasteiger partial charge in [0.1, 0.15) is 17.6 Å². The first-order chi connectivity index (χ1) is 10.1. The fraction of sp³-hybridized carbons (Fsp3) is 0.647. The minimum absolute atomic E-state index is 0.0524. The normalized spacial score (nSPS) is 25.2. The van der Waals surface area contributed by atoms with Crippen LogP contribution >= 0.6 is 0 Å². The Bertz CT molecular complexity index is 497. The van der Waals surface area contributed by atoms with Crippen LogP contribution in [0.4, 0.5) is 0 Å². The standard InChI is InChI=1S/C17H25NO3/c1-12(18)15-5-4-13(19-2)10-16(15)21-14-6-9-20-17(11-14)7-3-8-17/h4-5,10,12,14H,3,6-9,11,18H2,1-2H3. The largest absolute Gasteiger partial charge is 0.497 e. The number of hydrogen-bond donors (Lipinski definition) is 1. The van der Waals surface area contributed by atoms with Gasteiger partial charge in [-0.2, -0.15) is 0 Å². The molecule has 1 saturated heterocycles. The zero-order chi connectivity index (χ0) is 14.9. The van der Waals surface area contributed by atoms with Crippen molar-refractivity contribution >= 4 is 0 Å².